The van der Waals surface area contributed by atoms with Crippen molar-refractivity contribution in [3.63, 3.8) is 0 Å². The third-order valence-electron chi connectivity index (χ3n) is 4.55. The average Bonchev–Trinajstić information content (AvgIpc) is 3.08. The third-order valence-corrected chi connectivity index (χ3v) is 5.92. The van der Waals surface area contributed by atoms with Gasteiger partial charge in [-0.05, 0) is 38.5 Å². The highest BCUT2D eigenvalue weighted by Crippen LogP contribution is 2.22. The van der Waals surface area contributed by atoms with E-state index in [1.54, 1.807) is 0 Å². The van der Waals surface area contributed by atoms with E-state index in [1.165, 1.54) is 19.3 Å². The number of halogens is 1. The number of esters is 1. The molecule has 24 heavy (non-hydrogen) atoms. The summed E-state index contributed by atoms with van der Waals surface area (Å²) in [6, 6.07) is 0. The van der Waals surface area contributed by atoms with Crippen molar-refractivity contribution in [1.29, 1.82) is 0 Å². The van der Waals surface area contributed by atoms with Crippen LogP contribution >= 0.6 is 35.7 Å². The molecule has 0 radical (unpaired) electrons. The molecule has 0 aromatic heterocycles. The lowest BCUT2D eigenvalue weighted by Gasteiger charge is -2.34. The van der Waals surface area contributed by atoms with Gasteiger partial charge < -0.3 is 15.0 Å². The summed E-state index contributed by atoms with van der Waals surface area (Å²) in [6.07, 6.45) is 7.15. The highest BCUT2D eigenvalue weighted by Gasteiger charge is 2.21. The maximum Gasteiger partial charge on any atom is 0.306 e. The largest absolute Gasteiger partial charge is 0.462 e. The van der Waals surface area contributed by atoms with Crippen LogP contribution in [-0.2, 0) is 9.53 Å². The first kappa shape index (κ1) is 21.9. The second-order valence-corrected chi connectivity index (χ2v) is 7.73. The van der Waals surface area contributed by atoms with Crippen LogP contribution < -0.4 is 5.32 Å². The fourth-order valence-corrected chi connectivity index (χ4v) is 4.36. The fraction of sp³-hybridized carbons (Fsp3) is 0.882. The van der Waals surface area contributed by atoms with Crippen molar-refractivity contribution in [1.82, 2.24) is 10.2 Å². The molecule has 1 aliphatic carbocycles. The maximum absolute atomic E-state index is 11.8. The van der Waals surface area contributed by atoms with Gasteiger partial charge in [0.2, 0.25) is 0 Å². The summed E-state index contributed by atoms with van der Waals surface area (Å²) in [7, 11) is 1.83. The van der Waals surface area contributed by atoms with Crippen molar-refractivity contribution >= 4 is 47.7 Å². The van der Waals surface area contributed by atoms with Gasteiger partial charge in [0, 0.05) is 44.1 Å². The van der Waals surface area contributed by atoms with Crippen molar-refractivity contribution in [3.05, 3.63) is 0 Å². The van der Waals surface area contributed by atoms with E-state index in [0.29, 0.717) is 11.7 Å². The van der Waals surface area contributed by atoms with Crippen molar-refractivity contribution in [2.24, 2.45) is 4.99 Å². The highest BCUT2D eigenvalue weighted by molar-refractivity contribution is 14.0. The lowest BCUT2D eigenvalue weighted by Crippen LogP contribution is -2.48. The summed E-state index contributed by atoms with van der Waals surface area (Å²) >= 11 is 2.06. The lowest BCUT2D eigenvalue weighted by molar-refractivity contribution is -0.148. The van der Waals surface area contributed by atoms with Gasteiger partial charge in [-0.25, -0.2) is 0 Å². The van der Waals surface area contributed by atoms with E-state index in [0.717, 1.165) is 50.6 Å². The van der Waals surface area contributed by atoms with E-state index < -0.39 is 0 Å². The van der Waals surface area contributed by atoms with Gasteiger partial charge in [0.1, 0.15) is 6.10 Å². The quantitative estimate of drug-likeness (QED) is 0.213. The van der Waals surface area contributed by atoms with Crippen LogP contribution in [-0.4, -0.2) is 60.6 Å². The molecular formula is C17H32IN3O2S. The van der Waals surface area contributed by atoms with Crippen LogP contribution in [0.15, 0.2) is 4.99 Å². The van der Waals surface area contributed by atoms with Crippen LogP contribution in [0.1, 0.15) is 51.9 Å². The van der Waals surface area contributed by atoms with Crippen LogP contribution in [0.3, 0.4) is 0 Å². The van der Waals surface area contributed by atoms with Crippen molar-refractivity contribution in [3.8, 4) is 0 Å². The first-order chi connectivity index (χ1) is 11.2. The second kappa shape index (κ2) is 12.2. The number of nitrogens with zero attached hydrogens (tertiary/aromatic N) is 2. The molecule has 0 bridgehead atoms. The molecule has 1 atom stereocenters. The van der Waals surface area contributed by atoms with Crippen LogP contribution in [0.4, 0.5) is 0 Å². The highest BCUT2D eigenvalue weighted by atomic mass is 127. The van der Waals surface area contributed by atoms with Gasteiger partial charge in [-0.15, -0.1) is 24.0 Å². The zero-order valence-corrected chi connectivity index (χ0v) is 18.1. The lowest BCUT2D eigenvalue weighted by atomic mass is 10.3. The molecule has 1 saturated heterocycles. The Bertz CT molecular complexity index is 403. The van der Waals surface area contributed by atoms with Gasteiger partial charge >= 0.3 is 5.97 Å². The number of ether oxygens (including phenoxy) is 1. The number of hydrogen-bond donors (Lipinski definition) is 1. The number of carbonyl (C=O) groups excluding carboxylic acids is 1. The van der Waals surface area contributed by atoms with Crippen LogP contribution in [0, 0.1) is 0 Å². The van der Waals surface area contributed by atoms with Gasteiger partial charge in [-0.3, -0.25) is 9.79 Å². The van der Waals surface area contributed by atoms with Crippen LogP contribution in [0.5, 0.6) is 0 Å². The van der Waals surface area contributed by atoms with E-state index in [4.69, 9.17) is 4.74 Å². The number of carbonyl (C=O) groups is 1. The van der Waals surface area contributed by atoms with Crippen LogP contribution in [0.2, 0.25) is 0 Å². The maximum atomic E-state index is 11.8. The summed E-state index contributed by atoms with van der Waals surface area (Å²) in [5.41, 5.74) is 0. The third kappa shape index (κ3) is 7.37. The van der Waals surface area contributed by atoms with Gasteiger partial charge in [0.15, 0.2) is 5.96 Å². The first-order valence-electron chi connectivity index (χ1n) is 8.99. The molecule has 140 valence electrons. The number of nitrogens with one attached hydrogen (secondary N) is 1. The Morgan fingerprint density at radius 1 is 1.38 bits per heavy atom. The Morgan fingerprint density at radius 3 is 2.79 bits per heavy atom. The minimum Gasteiger partial charge on any atom is -0.462 e. The summed E-state index contributed by atoms with van der Waals surface area (Å²) in [4.78, 5) is 18.5. The number of thioether (sulfide) groups is 1. The molecule has 5 nitrogen and oxygen atoms in total. The van der Waals surface area contributed by atoms with Crippen molar-refractivity contribution < 1.29 is 9.53 Å². The summed E-state index contributed by atoms with van der Waals surface area (Å²) < 4.78 is 5.48. The molecule has 1 heterocycles. The normalized spacial score (nSPS) is 22.2. The Kier molecular flexibility index (Phi) is 11.1. The molecule has 0 aromatic carbocycles. The molecule has 0 amide bonds. The van der Waals surface area contributed by atoms with E-state index in [2.05, 4.69) is 33.9 Å². The Morgan fingerprint density at radius 2 is 2.12 bits per heavy atom. The van der Waals surface area contributed by atoms with Gasteiger partial charge in [-0.2, -0.15) is 11.8 Å². The van der Waals surface area contributed by atoms with Gasteiger partial charge in [0.25, 0.3) is 0 Å². The molecule has 7 heteroatoms. The Hall–Kier alpha value is -0.180. The van der Waals surface area contributed by atoms with Gasteiger partial charge in [-0.1, -0.05) is 6.92 Å². The molecule has 1 unspecified atom stereocenters. The smallest absolute Gasteiger partial charge is 0.306 e. The molecule has 2 fully saturated rings. The topological polar surface area (TPSA) is 53.9 Å². The van der Waals surface area contributed by atoms with E-state index in [1.807, 2.05) is 7.05 Å². The van der Waals surface area contributed by atoms with E-state index in [9.17, 15) is 4.79 Å². The minimum atomic E-state index is -0.0471. The molecule has 1 aliphatic heterocycles. The van der Waals surface area contributed by atoms with Crippen LogP contribution in [0.25, 0.3) is 0 Å². The molecule has 0 spiro atoms. The molecule has 0 aromatic rings. The number of hydrogen-bond acceptors (Lipinski definition) is 4. The summed E-state index contributed by atoms with van der Waals surface area (Å²) in [5, 5.41) is 4.09. The Labute approximate surface area is 167 Å². The predicted octanol–water partition coefficient (Wildman–Crippen LogP) is 3.27. The summed E-state index contributed by atoms with van der Waals surface area (Å²) in [6.45, 7) is 5.12. The summed E-state index contributed by atoms with van der Waals surface area (Å²) in [5.74, 6) is 2.08. The predicted molar refractivity (Wildman–Crippen MR) is 112 cm³/mol. The molecular weight excluding hydrogens is 437 g/mol. The average molecular weight is 469 g/mol. The first-order valence-corrected chi connectivity index (χ1v) is 10.0. The molecule has 2 rings (SSSR count). The second-order valence-electron chi connectivity index (χ2n) is 6.32. The standard InChI is InChI=1S/C17H31N3O2S.HI/c1-3-15-13-20(11-12-23-15)17(18-2)19-10-6-9-16(21)22-14-7-4-5-8-14;/h14-15H,3-13H2,1-2H3,(H,18,19);1H. The molecule has 2 aliphatic rings. The number of aliphatic imine (C=N–C) groups is 1. The monoisotopic (exact) mass is 469 g/mol. The molecule has 1 N–H and O–H groups in total. The van der Waals surface area contributed by atoms with E-state index >= 15 is 0 Å². The SMILES string of the molecule is CCC1CN(C(=NC)NCCCC(=O)OC2CCCC2)CCS1.I. The van der Waals surface area contributed by atoms with Crippen molar-refractivity contribution in [2.75, 3.05) is 32.4 Å². The zero-order chi connectivity index (χ0) is 16.5. The minimum absolute atomic E-state index is 0. The number of rotatable bonds is 6. The van der Waals surface area contributed by atoms with E-state index in [-0.39, 0.29) is 36.0 Å². The number of guanidine groups is 1. The van der Waals surface area contributed by atoms with Gasteiger partial charge in [0.05, 0.1) is 0 Å². The fourth-order valence-electron chi connectivity index (χ4n) is 3.17. The zero-order valence-electron chi connectivity index (χ0n) is 15.0. The molecule has 1 saturated carbocycles. The Balaban J connectivity index is 0.00000288. The van der Waals surface area contributed by atoms with Crippen molar-refractivity contribution in [2.45, 2.75) is 63.2 Å².